The maximum atomic E-state index is 9.50. The molecule has 3 N–H and O–H groups in total. The van der Waals surface area contributed by atoms with Crippen molar-refractivity contribution in [2.24, 2.45) is 5.73 Å². The number of para-hydroxylation sites is 1. The summed E-state index contributed by atoms with van der Waals surface area (Å²) in [5.41, 5.74) is 7.70. The average Bonchev–Trinajstić information content (AvgIpc) is 2.64. The lowest BCUT2D eigenvalue weighted by Crippen LogP contribution is -2.23. The fraction of sp³-hybridized carbons (Fsp3) is 0.455. The Hall–Kier alpha value is -0.770. The zero-order chi connectivity index (χ0) is 10.8. The maximum Gasteiger partial charge on any atom is 0.0731 e. The zero-order valence-corrected chi connectivity index (χ0v) is 9.24. The fourth-order valence-corrected chi connectivity index (χ4v) is 2.34. The van der Waals surface area contributed by atoms with E-state index in [2.05, 4.69) is 4.90 Å². The first-order valence-electron chi connectivity index (χ1n) is 5.13. The number of nitrogens with two attached hydrogens (primary N) is 1. The first-order valence-corrected chi connectivity index (χ1v) is 5.50. The molecule has 1 saturated heterocycles. The third-order valence-electron chi connectivity index (χ3n) is 2.77. The molecule has 0 amide bonds. The topological polar surface area (TPSA) is 49.5 Å². The SMILES string of the molecule is NCc1cccc(Cl)c1N1CCC(O)C1. The van der Waals surface area contributed by atoms with Crippen molar-refractivity contribution < 1.29 is 5.11 Å². The summed E-state index contributed by atoms with van der Waals surface area (Å²) in [7, 11) is 0. The van der Waals surface area contributed by atoms with Crippen molar-refractivity contribution in [2.45, 2.75) is 19.1 Å². The van der Waals surface area contributed by atoms with Crippen LogP contribution in [0.25, 0.3) is 0 Å². The molecule has 1 aliphatic heterocycles. The van der Waals surface area contributed by atoms with Gasteiger partial charge in [-0.2, -0.15) is 0 Å². The molecule has 0 bridgehead atoms. The van der Waals surface area contributed by atoms with Crippen molar-refractivity contribution in [3.05, 3.63) is 28.8 Å². The van der Waals surface area contributed by atoms with Crippen LogP contribution in [0.3, 0.4) is 0 Å². The fourth-order valence-electron chi connectivity index (χ4n) is 2.02. The van der Waals surface area contributed by atoms with Gasteiger partial charge in [-0.25, -0.2) is 0 Å². The van der Waals surface area contributed by atoms with Crippen LogP contribution in [0, 0.1) is 0 Å². The molecule has 0 aromatic heterocycles. The third kappa shape index (κ3) is 2.09. The van der Waals surface area contributed by atoms with Crippen molar-refractivity contribution in [1.82, 2.24) is 0 Å². The van der Waals surface area contributed by atoms with E-state index < -0.39 is 0 Å². The second-order valence-electron chi connectivity index (χ2n) is 3.84. The van der Waals surface area contributed by atoms with E-state index in [9.17, 15) is 5.11 Å². The number of aliphatic hydroxyl groups excluding tert-OH is 1. The van der Waals surface area contributed by atoms with Crippen LogP contribution in [0.5, 0.6) is 0 Å². The molecule has 4 heteroatoms. The molecule has 1 aromatic carbocycles. The average molecular weight is 227 g/mol. The van der Waals surface area contributed by atoms with Gasteiger partial charge >= 0.3 is 0 Å². The molecule has 0 saturated carbocycles. The molecule has 0 spiro atoms. The van der Waals surface area contributed by atoms with E-state index in [1.54, 1.807) is 0 Å². The number of hydrogen-bond acceptors (Lipinski definition) is 3. The Morgan fingerprint density at radius 1 is 1.53 bits per heavy atom. The quantitative estimate of drug-likeness (QED) is 0.801. The summed E-state index contributed by atoms with van der Waals surface area (Å²) in [6.07, 6.45) is 0.557. The zero-order valence-electron chi connectivity index (χ0n) is 8.49. The van der Waals surface area contributed by atoms with Crippen LogP contribution in [0.2, 0.25) is 5.02 Å². The molecule has 1 unspecified atom stereocenters. The van der Waals surface area contributed by atoms with Crippen molar-refractivity contribution >= 4 is 17.3 Å². The Bertz CT molecular complexity index is 356. The molecule has 0 radical (unpaired) electrons. The van der Waals surface area contributed by atoms with Gasteiger partial charge in [-0.1, -0.05) is 23.7 Å². The number of aliphatic hydroxyl groups is 1. The second-order valence-corrected chi connectivity index (χ2v) is 4.25. The van der Waals surface area contributed by atoms with Crippen molar-refractivity contribution in [3.8, 4) is 0 Å². The van der Waals surface area contributed by atoms with E-state index in [1.807, 2.05) is 18.2 Å². The predicted octanol–water partition coefficient (Wildman–Crippen LogP) is 1.37. The van der Waals surface area contributed by atoms with Crippen LogP contribution in [0.1, 0.15) is 12.0 Å². The Morgan fingerprint density at radius 2 is 2.33 bits per heavy atom. The summed E-state index contributed by atoms with van der Waals surface area (Å²) in [5.74, 6) is 0. The Morgan fingerprint density at radius 3 is 2.93 bits per heavy atom. The molecular weight excluding hydrogens is 212 g/mol. The maximum absolute atomic E-state index is 9.50. The molecular formula is C11H15ClN2O. The number of β-amino-alcohol motifs (C(OH)–C–C–N with tert-alkyl or cyclic N) is 1. The van der Waals surface area contributed by atoms with Gasteiger partial charge in [0.25, 0.3) is 0 Å². The van der Waals surface area contributed by atoms with Crippen molar-refractivity contribution in [2.75, 3.05) is 18.0 Å². The molecule has 1 atom stereocenters. The number of hydrogen-bond donors (Lipinski definition) is 2. The minimum Gasteiger partial charge on any atom is -0.391 e. The van der Waals surface area contributed by atoms with Crippen LogP contribution in [-0.4, -0.2) is 24.3 Å². The lowest BCUT2D eigenvalue weighted by molar-refractivity contribution is 0.198. The lowest BCUT2D eigenvalue weighted by Gasteiger charge is -2.22. The van der Waals surface area contributed by atoms with Crippen molar-refractivity contribution in [1.29, 1.82) is 0 Å². The Labute approximate surface area is 94.4 Å². The molecule has 1 aliphatic rings. The number of nitrogens with zero attached hydrogens (tertiary/aromatic N) is 1. The standard InChI is InChI=1S/C11H15ClN2O/c12-10-3-1-2-8(6-13)11(10)14-5-4-9(15)7-14/h1-3,9,15H,4-7,13H2. The van der Waals surface area contributed by atoms with Crippen LogP contribution >= 0.6 is 11.6 Å². The number of halogens is 1. The summed E-state index contributed by atoms with van der Waals surface area (Å²) >= 11 is 6.16. The largest absolute Gasteiger partial charge is 0.391 e. The van der Waals surface area contributed by atoms with E-state index in [1.165, 1.54) is 0 Å². The highest BCUT2D eigenvalue weighted by Crippen LogP contribution is 2.32. The highest BCUT2D eigenvalue weighted by atomic mass is 35.5. The summed E-state index contributed by atoms with van der Waals surface area (Å²) in [6.45, 7) is 1.97. The van der Waals surface area contributed by atoms with Crippen LogP contribution in [0.15, 0.2) is 18.2 Å². The van der Waals surface area contributed by atoms with E-state index >= 15 is 0 Å². The molecule has 3 nitrogen and oxygen atoms in total. The van der Waals surface area contributed by atoms with Gasteiger partial charge in [0.2, 0.25) is 0 Å². The van der Waals surface area contributed by atoms with Gasteiger partial charge in [0, 0.05) is 19.6 Å². The third-order valence-corrected chi connectivity index (χ3v) is 3.07. The highest BCUT2D eigenvalue weighted by molar-refractivity contribution is 6.33. The highest BCUT2D eigenvalue weighted by Gasteiger charge is 2.23. The molecule has 2 rings (SSSR count). The number of rotatable bonds is 2. The molecule has 1 aromatic rings. The molecule has 0 aliphatic carbocycles. The van der Waals surface area contributed by atoms with Gasteiger partial charge in [-0.15, -0.1) is 0 Å². The monoisotopic (exact) mass is 226 g/mol. The van der Waals surface area contributed by atoms with E-state index in [-0.39, 0.29) is 6.10 Å². The molecule has 82 valence electrons. The van der Waals surface area contributed by atoms with Gasteiger partial charge in [0.15, 0.2) is 0 Å². The summed E-state index contributed by atoms with van der Waals surface area (Å²) in [4.78, 5) is 2.11. The van der Waals surface area contributed by atoms with E-state index in [4.69, 9.17) is 17.3 Å². The normalized spacial score (nSPS) is 21.0. The minimum atomic E-state index is -0.244. The van der Waals surface area contributed by atoms with Gasteiger partial charge < -0.3 is 15.7 Å². The smallest absolute Gasteiger partial charge is 0.0731 e. The number of benzene rings is 1. The van der Waals surface area contributed by atoms with Gasteiger partial charge in [0.1, 0.15) is 0 Å². The minimum absolute atomic E-state index is 0.244. The first kappa shape index (κ1) is 10.7. The summed E-state index contributed by atoms with van der Waals surface area (Å²) in [6, 6.07) is 5.74. The summed E-state index contributed by atoms with van der Waals surface area (Å²) < 4.78 is 0. The van der Waals surface area contributed by atoms with Gasteiger partial charge in [-0.05, 0) is 18.1 Å². The van der Waals surface area contributed by atoms with Crippen molar-refractivity contribution in [3.63, 3.8) is 0 Å². The van der Waals surface area contributed by atoms with E-state index in [0.29, 0.717) is 18.1 Å². The molecule has 15 heavy (non-hydrogen) atoms. The number of anilines is 1. The van der Waals surface area contributed by atoms with E-state index in [0.717, 1.165) is 24.2 Å². The van der Waals surface area contributed by atoms with Gasteiger partial charge in [0.05, 0.1) is 16.8 Å². The first-order chi connectivity index (χ1) is 7.22. The Kier molecular flexibility index (Phi) is 3.14. The molecule has 1 heterocycles. The second kappa shape index (κ2) is 4.39. The van der Waals surface area contributed by atoms with Crippen LogP contribution in [-0.2, 0) is 6.54 Å². The Balaban J connectivity index is 2.33. The van der Waals surface area contributed by atoms with Crippen LogP contribution < -0.4 is 10.6 Å². The van der Waals surface area contributed by atoms with Crippen LogP contribution in [0.4, 0.5) is 5.69 Å². The predicted molar refractivity (Wildman–Crippen MR) is 62.2 cm³/mol. The summed E-state index contributed by atoms with van der Waals surface area (Å²) in [5, 5.41) is 10.2. The lowest BCUT2D eigenvalue weighted by atomic mass is 10.1. The van der Waals surface area contributed by atoms with Gasteiger partial charge in [-0.3, -0.25) is 0 Å². The molecule has 1 fully saturated rings.